The fourth-order valence-corrected chi connectivity index (χ4v) is 4.17. The highest BCUT2D eigenvalue weighted by molar-refractivity contribution is 5.57. The standard InChI is InChI=1S/C24H23N5O2/c1-16-19-20(17-9-4-2-5-10-17)21-22(25)28(13-8-14-30)15-26-23(21)31-24(19)29(27-16)18-11-6-3-7-12-18/h2-7,9-12,15,20,25,30H,8,13-14H2,1H3. The number of para-hydroxylation sites is 1. The molecule has 0 saturated carbocycles. The summed E-state index contributed by atoms with van der Waals surface area (Å²) in [5.74, 6) is 0.827. The molecule has 4 aromatic rings. The summed E-state index contributed by atoms with van der Waals surface area (Å²) in [6.45, 7) is 2.56. The maximum atomic E-state index is 9.23. The van der Waals surface area contributed by atoms with Crippen LogP contribution >= 0.6 is 0 Å². The second-order valence-electron chi connectivity index (χ2n) is 7.58. The molecule has 0 bridgehead atoms. The molecule has 0 spiro atoms. The lowest BCUT2D eigenvalue weighted by atomic mass is 9.84. The van der Waals surface area contributed by atoms with Crippen LogP contribution < -0.4 is 10.2 Å². The van der Waals surface area contributed by atoms with E-state index in [9.17, 15) is 5.11 Å². The Bertz CT molecular complexity index is 1280. The van der Waals surface area contributed by atoms with Crippen molar-refractivity contribution in [2.45, 2.75) is 25.8 Å². The maximum Gasteiger partial charge on any atom is 0.230 e. The molecule has 1 atom stereocenters. The van der Waals surface area contributed by atoms with Crippen LogP contribution in [0.2, 0.25) is 0 Å². The number of ether oxygens (including phenoxy) is 1. The first kappa shape index (κ1) is 19.3. The molecule has 7 heteroatoms. The third-order valence-electron chi connectivity index (χ3n) is 5.61. The quantitative estimate of drug-likeness (QED) is 0.461. The number of aliphatic hydroxyl groups is 1. The van der Waals surface area contributed by atoms with Gasteiger partial charge in [-0.1, -0.05) is 48.5 Å². The molecule has 2 aromatic heterocycles. The van der Waals surface area contributed by atoms with Crippen LogP contribution in [0.25, 0.3) is 5.69 Å². The van der Waals surface area contributed by atoms with Crippen LogP contribution in [-0.4, -0.2) is 31.0 Å². The summed E-state index contributed by atoms with van der Waals surface area (Å²) < 4.78 is 9.85. The average molecular weight is 413 g/mol. The molecule has 156 valence electrons. The largest absolute Gasteiger partial charge is 0.420 e. The van der Waals surface area contributed by atoms with Crippen LogP contribution in [0.5, 0.6) is 11.8 Å². The molecule has 0 radical (unpaired) electrons. The van der Waals surface area contributed by atoms with Crippen LogP contribution in [0.15, 0.2) is 67.0 Å². The van der Waals surface area contributed by atoms with Crippen molar-refractivity contribution in [3.8, 4) is 17.4 Å². The van der Waals surface area contributed by atoms with E-state index in [4.69, 9.17) is 15.2 Å². The molecule has 0 aliphatic carbocycles. The van der Waals surface area contributed by atoms with Crippen LogP contribution in [0.3, 0.4) is 0 Å². The van der Waals surface area contributed by atoms with E-state index >= 15 is 0 Å². The van der Waals surface area contributed by atoms with Crippen molar-refractivity contribution in [3.05, 3.63) is 94.9 Å². The second-order valence-corrected chi connectivity index (χ2v) is 7.58. The molecule has 0 saturated heterocycles. The monoisotopic (exact) mass is 413 g/mol. The van der Waals surface area contributed by atoms with Gasteiger partial charge in [0.15, 0.2) is 0 Å². The summed E-state index contributed by atoms with van der Waals surface area (Å²) in [7, 11) is 0. The van der Waals surface area contributed by atoms with Gasteiger partial charge in [-0.25, -0.2) is 9.67 Å². The Labute approximate surface area is 179 Å². The van der Waals surface area contributed by atoms with Crippen molar-refractivity contribution in [3.63, 3.8) is 0 Å². The SMILES string of the molecule is Cc1nn(-c2ccccc2)c2c1C(c1ccccc1)c1c(ncn(CCCO)c1=N)O2. The zero-order chi connectivity index (χ0) is 21.4. The third-order valence-corrected chi connectivity index (χ3v) is 5.61. The summed E-state index contributed by atoms with van der Waals surface area (Å²) in [6, 6.07) is 20.0. The van der Waals surface area contributed by atoms with Gasteiger partial charge < -0.3 is 14.4 Å². The van der Waals surface area contributed by atoms with Crippen LogP contribution in [0.1, 0.15) is 34.7 Å². The number of fused-ring (bicyclic) bond motifs is 2. The van der Waals surface area contributed by atoms with Crippen LogP contribution in [0.4, 0.5) is 0 Å². The van der Waals surface area contributed by atoms with Gasteiger partial charge in [0, 0.05) is 13.2 Å². The Balaban J connectivity index is 1.75. The van der Waals surface area contributed by atoms with Gasteiger partial charge in [0.05, 0.1) is 28.4 Å². The lowest BCUT2D eigenvalue weighted by Crippen LogP contribution is -2.30. The molecule has 1 aliphatic rings. The van der Waals surface area contributed by atoms with E-state index in [-0.39, 0.29) is 12.5 Å². The molecule has 0 amide bonds. The number of aliphatic hydroxyl groups excluding tert-OH is 1. The van der Waals surface area contributed by atoms with Crippen LogP contribution in [-0.2, 0) is 6.54 Å². The van der Waals surface area contributed by atoms with Crippen LogP contribution in [0, 0.1) is 12.3 Å². The van der Waals surface area contributed by atoms with Crippen molar-refractivity contribution in [1.82, 2.24) is 19.3 Å². The first-order valence-electron chi connectivity index (χ1n) is 10.3. The Morgan fingerprint density at radius 1 is 1.03 bits per heavy atom. The fraction of sp³-hybridized carbons (Fsp3) is 0.208. The van der Waals surface area contributed by atoms with E-state index < -0.39 is 0 Å². The third kappa shape index (κ3) is 3.23. The zero-order valence-corrected chi connectivity index (χ0v) is 17.2. The minimum atomic E-state index is -0.223. The summed E-state index contributed by atoms with van der Waals surface area (Å²) in [5.41, 5.74) is 4.81. The minimum Gasteiger partial charge on any atom is -0.420 e. The summed E-state index contributed by atoms with van der Waals surface area (Å²) in [5, 5.41) is 22.9. The highest BCUT2D eigenvalue weighted by atomic mass is 16.5. The number of benzene rings is 2. The molecule has 2 N–H and O–H groups in total. The van der Waals surface area contributed by atoms with Crippen molar-refractivity contribution >= 4 is 0 Å². The van der Waals surface area contributed by atoms with Gasteiger partial charge in [-0.2, -0.15) is 5.10 Å². The predicted molar refractivity (Wildman–Crippen MR) is 116 cm³/mol. The lowest BCUT2D eigenvalue weighted by molar-refractivity contribution is 0.277. The number of rotatable bonds is 5. The molecule has 7 nitrogen and oxygen atoms in total. The first-order chi connectivity index (χ1) is 15.2. The normalized spacial score (nSPS) is 14.6. The number of aromatic nitrogens is 4. The molecular formula is C24H23N5O2. The molecule has 1 aliphatic heterocycles. The van der Waals surface area contributed by atoms with E-state index in [0.717, 1.165) is 28.1 Å². The molecule has 5 rings (SSSR count). The smallest absolute Gasteiger partial charge is 0.230 e. The Kier molecular flexibility index (Phi) is 4.88. The minimum absolute atomic E-state index is 0.0647. The van der Waals surface area contributed by atoms with Gasteiger partial charge in [-0.05, 0) is 31.0 Å². The number of nitrogens with zero attached hydrogens (tertiary/aromatic N) is 4. The van der Waals surface area contributed by atoms with E-state index in [1.165, 1.54) is 0 Å². The lowest BCUT2D eigenvalue weighted by Gasteiger charge is -2.27. The number of hydrogen-bond donors (Lipinski definition) is 2. The van der Waals surface area contributed by atoms with E-state index in [1.807, 2.05) is 60.1 Å². The average Bonchev–Trinajstić information content (AvgIpc) is 3.14. The zero-order valence-electron chi connectivity index (χ0n) is 17.2. The Hall–Kier alpha value is -3.71. The molecular weight excluding hydrogens is 390 g/mol. The predicted octanol–water partition coefficient (Wildman–Crippen LogP) is 3.52. The highest BCUT2D eigenvalue weighted by Crippen LogP contribution is 2.47. The van der Waals surface area contributed by atoms with Crippen molar-refractivity contribution in [2.75, 3.05) is 6.61 Å². The maximum absolute atomic E-state index is 9.23. The van der Waals surface area contributed by atoms with Gasteiger partial charge >= 0.3 is 0 Å². The van der Waals surface area contributed by atoms with Gasteiger partial charge in [-0.15, -0.1) is 0 Å². The van der Waals surface area contributed by atoms with Gasteiger partial charge in [0.25, 0.3) is 0 Å². The molecule has 1 unspecified atom stereocenters. The van der Waals surface area contributed by atoms with Gasteiger partial charge in [0.1, 0.15) is 11.8 Å². The van der Waals surface area contributed by atoms with E-state index in [1.54, 1.807) is 10.9 Å². The van der Waals surface area contributed by atoms with Crippen molar-refractivity contribution < 1.29 is 9.84 Å². The van der Waals surface area contributed by atoms with Gasteiger partial charge in [-0.3, -0.25) is 5.41 Å². The second kappa shape index (κ2) is 7.85. The van der Waals surface area contributed by atoms with Crippen molar-refractivity contribution in [2.24, 2.45) is 0 Å². The Morgan fingerprint density at radius 2 is 1.74 bits per heavy atom. The Morgan fingerprint density at radius 3 is 2.45 bits per heavy atom. The molecule has 3 heterocycles. The topological polar surface area (TPSA) is 89.0 Å². The summed E-state index contributed by atoms with van der Waals surface area (Å²) in [6.07, 6.45) is 2.17. The fourth-order valence-electron chi connectivity index (χ4n) is 4.17. The number of aryl methyl sites for hydroxylation is 2. The molecule has 0 fully saturated rings. The van der Waals surface area contributed by atoms with Crippen molar-refractivity contribution in [1.29, 1.82) is 5.41 Å². The number of hydrogen-bond acceptors (Lipinski definition) is 5. The summed E-state index contributed by atoms with van der Waals surface area (Å²) >= 11 is 0. The van der Waals surface area contributed by atoms with E-state index in [0.29, 0.717) is 30.2 Å². The molecule has 2 aromatic carbocycles. The number of nitrogens with one attached hydrogen (secondary N) is 1. The molecule has 31 heavy (non-hydrogen) atoms. The summed E-state index contributed by atoms with van der Waals surface area (Å²) in [4.78, 5) is 4.55. The van der Waals surface area contributed by atoms with Gasteiger partial charge in [0.2, 0.25) is 11.8 Å². The first-order valence-corrected chi connectivity index (χ1v) is 10.3. The van der Waals surface area contributed by atoms with E-state index in [2.05, 4.69) is 17.1 Å². The highest BCUT2D eigenvalue weighted by Gasteiger charge is 2.37.